The molecule has 2 heterocycles. The normalized spacial score (nSPS) is 12.3. The monoisotopic (exact) mass is 399 g/mol. The number of halogens is 2. The van der Waals surface area contributed by atoms with Gasteiger partial charge in [0.2, 0.25) is 0 Å². The summed E-state index contributed by atoms with van der Waals surface area (Å²) in [7, 11) is 1.80. The van der Waals surface area contributed by atoms with Crippen LogP contribution in [0.3, 0.4) is 0 Å². The molecule has 4 aromatic rings. The molecule has 7 heteroatoms. The Morgan fingerprint density at radius 1 is 1.22 bits per heavy atom. The van der Waals surface area contributed by atoms with Gasteiger partial charge in [-0.2, -0.15) is 0 Å². The summed E-state index contributed by atoms with van der Waals surface area (Å²) >= 11 is 7.73. The van der Waals surface area contributed by atoms with Gasteiger partial charge in [0.05, 0.1) is 5.02 Å². The van der Waals surface area contributed by atoms with Gasteiger partial charge in [-0.3, -0.25) is 4.79 Å². The number of amides is 1. The summed E-state index contributed by atoms with van der Waals surface area (Å²) in [6.45, 7) is 0. The number of benzene rings is 2. The van der Waals surface area contributed by atoms with Crippen molar-refractivity contribution in [3.63, 3.8) is 0 Å². The highest BCUT2D eigenvalue weighted by molar-refractivity contribution is 7.21. The summed E-state index contributed by atoms with van der Waals surface area (Å²) in [5.74, 6) is -0.239. The van der Waals surface area contributed by atoms with Crippen molar-refractivity contribution < 1.29 is 9.18 Å². The van der Waals surface area contributed by atoms with E-state index in [2.05, 4.69) is 10.3 Å². The van der Waals surface area contributed by atoms with Crippen molar-refractivity contribution in [2.24, 2.45) is 7.05 Å². The second-order valence-corrected chi connectivity index (χ2v) is 7.50. The smallest absolute Gasteiger partial charge is 0.263 e. The summed E-state index contributed by atoms with van der Waals surface area (Å²) in [4.78, 5) is 17.7. The van der Waals surface area contributed by atoms with Crippen LogP contribution in [0.4, 0.5) is 4.39 Å². The molecule has 4 nitrogen and oxygen atoms in total. The van der Waals surface area contributed by atoms with Crippen LogP contribution in [0.2, 0.25) is 5.02 Å². The molecule has 1 N–H and O–H groups in total. The molecule has 1 amide bonds. The van der Waals surface area contributed by atoms with E-state index in [-0.39, 0.29) is 5.91 Å². The highest BCUT2D eigenvalue weighted by Gasteiger charge is 2.26. The third kappa shape index (κ3) is 3.22. The van der Waals surface area contributed by atoms with Crippen LogP contribution >= 0.6 is 22.9 Å². The number of rotatable bonds is 4. The number of aryl methyl sites for hydroxylation is 1. The SMILES string of the molecule is Cn1ccnc1C(NC(=O)c1sc2ccccc2c1Cl)c1ccccc1F. The molecule has 136 valence electrons. The molecule has 0 aliphatic heterocycles. The summed E-state index contributed by atoms with van der Waals surface area (Å²) in [5.41, 5.74) is 0.345. The van der Waals surface area contributed by atoms with Crippen molar-refractivity contribution >= 4 is 38.9 Å². The van der Waals surface area contributed by atoms with Gasteiger partial charge in [0, 0.05) is 35.1 Å². The molecule has 0 aliphatic carbocycles. The number of carbonyl (C=O) groups excluding carboxylic acids is 1. The van der Waals surface area contributed by atoms with Gasteiger partial charge in [-0.05, 0) is 12.1 Å². The van der Waals surface area contributed by atoms with Gasteiger partial charge < -0.3 is 9.88 Å². The Hall–Kier alpha value is -2.70. The predicted octanol–water partition coefficient (Wildman–Crippen LogP) is 4.95. The summed E-state index contributed by atoms with van der Waals surface area (Å²) < 4.78 is 17.1. The molecular weight excluding hydrogens is 385 g/mol. The molecule has 1 unspecified atom stereocenters. The predicted molar refractivity (Wildman–Crippen MR) is 106 cm³/mol. The first-order valence-corrected chi connectivity index (χ1v) is 9.45. The van der Waals surface area contributed by atoms with E-state index in [1.54, 1.807) is 42.2 Å². The molecule has 2 aromatic carbocycles. The third-order valence-corrected chi connectivity index (χ3v) is 6.02. The van der Waals surface area contributed by atoms with Gasteiger partial charge in [-0.1, -0.05) is 48.0 Å². The lowest BCUT2D eigenvalue weighted by Crippen LogP contribution is -2.31. The van der Waals surface area contributed by atoms with Gasteiger partial charge >= 0.3 is 0 Å². The van der Waals surface area contributed by atoms with Crippen LogP contribution in [0, 0.1) is 5.82 Å². The van der Waals surface area contributed by atoms with E-state index in [1.165, 1.54) is 17.4 Å². The first-order chi connectivity index (χ1) is 13.1. The molecule has 0 saturated carbocycles. The van der Waals surface area contributed by atoms with Gasteiger partial charge in [0.25, 0.3) is 5.91 Å². The fourth-order valence-corrected chi connectivity index (χ4v) is 4.42. The lowest BCUT2D eigenvalue weighted by molar-refractivity contribution is 0.0945. The number of hydrogen-bond donors (Lipinski definition) is 1. The Bertz CT molecular complexity index is 1140. The zero-order valence-corrected chi connectivity index (χ0v) is 15.9. The molecule has 27 heavy (non-hydrogen) atoms. The number of carbonyl (C=O) groups is 1. The van der Waals surface area contributed by atoms with Gasteiger partial charge in [0.1, 0.15) is 22.6 Å². The van der Waals surface area contributed by atoms with Crippen LogP contribution in [0.1, 0.15) is 27.1 Å². The van der Waals surface area contributed by atoms with Crippen LogP contribution in [-0.2, 0) is 7.05 Å². The largest absolute Gasteiger partial charge is 0.337 e. The Balaban J connectivity index is 1.75. The molecular formula is C20H15ClFN3OS. The Labute approximate surface area is 164 Å². The Morgan fingerprint density at radius 3 is 2.67 bits per heavy atom. The number of aromatic nitrogens is 2. The maximum atomic E-state index is 14.5. The molecule has 0 saturated heterocycles. The van der Waals surface area contributed by atoms with Crippen LogP contribution in [0.25, 0.3) is 10.1 Å². The molecule has 0 fully saturated rings. The summed E-state index contributed by atoms with van der Waals surface area (Å²) in [6.07, 6.45) is 3.36. The molecule has 2 aromatic heterocycles. The van der Waals surface area contributed by atoms with Gasteiger partial charge in [0.15, 0.2) is 0 Å². The minimum Gasteiger partial charge on any atom is -0.337 e. The topological polar surface area (TPSA) is 46.9 Å². The van der Waals surface area contributed by atoms with E-state index < -0.39 is 11.9 Å². The third-order valence-electron chi connectivity index (χ3n) is 4.35. The van der Waals surface area contributed by atoms with Crippen molar-refractivity contribution in [3.8, 4) is 0 Å². The molecule has 1 atom stereocenters. The number of imidazole rings is 1. The summed E-state index contributed by atoms with van der Waals surface area (Å²) in [5, 5.41) is 4.13. The zero-order chi connectivity index (χ0) is 19.0. The maximum Gasteiger partial charge on any atom is 0.263 e. The number of thiophene rings is 1. The maximum absolute atomic E-state index is 14.5. The van der Waals surface area contributed by atoms with E-state index >= 15 is 0 Å². The highest BCUT2D eigenvalue weighted by atomic mass is 35.5. The van der Waals surface area contributed by atoms with E-state index in [4.69, 9.17) is 11.6 Å². The standard InChI is InChI=1S/C20H15ClFN3OS/c1-25-11-10-23-19(25)17(12-6-2-4-8-14(12)22)24-20(26)18-16(21)13-7-3-5-9-15(13)27-18/h2-11,17H,1H3,(H,24,26). The molecule has 0 radical (unpaired) electrons. The number of fused-ring (bicyclic) bond motifs is 1. The molecule has 0 aliphatic rings. The molecule has 0 bridgehead atoms. The van der Waals surface area contributed by atoms with Crippen molar-refractivity contribution in [1.29, 1.82) is 0 Å². The fraction of sp³-hybridized carbons (Fsp3) is 0.100. The first-order valence-electron chi connectivity index (χ1n) is 8.26. The van der Waals surface area contributed by atoms with Crippen molar-refractivity contribution in [3.05, 3.63) is 88.0 Å². The number of nitrogens with one attached hydrogen (secondary N) is 1. The van der Waals surface area contributed by atoms with Crippen LogP contribution in [0.5, 0.6) is 0 Å². The fourth-order valence-electron chi connectivity index (χ4n) is 3.00. The van der Waals surface area contributed by atoms with Crippen LogP contribution < -0.4 is 5.32 Å². The second-order valence-electron chi connectivity index (χ2n) is 6.07. The van der Waals surface area contributed by atoms with Crippen molar-refractivity contribution in [2.75, 3.05) is 0 Å². The average molecular weight is 400 g/mol. The zero-order valence-electron chi connectivity index (χ0n) is 14.3. The van der Waals surface area contributed by atoms with Crippen molar-refractivity contribution in [1.82, 2.24) is 14.9 Å². The Kier molecular flexibility index (Phi) is 4.68. The van der Waals surface area contributed by atoms with Gasteiger partial charge in [-0.15, -0.1) is 11.3 Å². The minimum absolute atomic E-state index is 0.345. The first kappa shape index (κ1) is 17.7. The molecule has 4 rings (SSSR count). The second kappa shape index (κ2) is 7.13. The average Bonchev–Trinajstić information content (AvgIpc) is 3.24. The van der Waals surface area contributed by atoms with Crippen LogP contribution in [-0.4, -0.2) is 15.5 Å². The highest BCUT2D eigenvalue weighted by Crippen LogP contribution is 2.35. The van der Waals surface area contributed by atoms with E-state index in [0.29, 0.717) is 21.3 Å². The lowest BCUT2D eigenvalue weighted by Gasteiger charge is -2.19. The molecule has 0 spiro atoms. The Morgan fingerprint density at radius 2 is 1.96 bits per heavy atom. The lowest BCUT2D eigenvalue weighted by atomic mass is 10.1. The van der Waals surface area contributed by atoms with Gasteiger partial charge in [-0.25, -0.2) is 9.37 Å². The van der Waals surface area contributed by atoms with Crippen molar-refractivity contribution in [2.45, 2.75) is 6.04 Å². The quantitative estimate of drug-likeness (QED) is 0.528. The minimum atomic E-state index is -0.736. The van der Waals surface area contributed by atoms with E-state index in [1.807, 2.05) is 24.3 Å². The number of nitrogens with zero attached hydrogens (tertiary/aromatic N) is 2. The number of hydrogen-bond acceptors (Lipinski definition) is 3. The van der Waals surface area contributed by atoms with E-state index in [9.17, 15) is 9.18 Å². The van der Waals surface area contributed by atoms with Crippen LogP contribution in [0.15, 0.2) is 60.9 Å². The summed E-state index contributed by atoms with van der Waals surface area (Å²) in [6, 6.07) is 13.2. The van der Waals surface area contributed by atoms with E-state index in [0.717, 1.165) is 10.1 Å².